The maximum atomic E-state index is 4.55. The minimum Gasteiger partial charge on any atom is -0.308 e. The molecule has 0 amide bonds. The van der Waals surface area contributed by atoms with E-state index in [-0.39, 0.29) is 6.04 Å². The van der Waals surface area contributed by atoms with Gasteiger partial charge in [0.05, 0.1) is 12.7 Å². The van der Waals surface area contributed by atoms with Crippen molar-refractivity contribution in [1.29, 1.82) is 0 Å². The van der Waals surface area contributed by atoms with Gasteiger partial charge in [0.1, 0.15) is 0 Å². The molecule has 5 heteroatoms. The number of nitrogens with one attached hydrogen (secondary N) is 1. The molecular weight excluding hydrogens is 238 g/mol. The topological polar surface area (TPSA) is 55.6 Å². The zero-order valence-electron chi connectivity index (χ0n) is 12.0. The number of pyridine rings is 1. The van der Waals surface area contributed by atoms with E-state index in [1.807, 2.05) is 17.8 Å². The van der Waals surface area contributed by atoms with Crippen molar-refractivity contribution in [2.45, 2.75) is 40.3 Å². The first-order chi connectivity index (χ1) is 9.08. The summed E-state index contributed by atoms with van der Waals surface area (Å²) in [6.45, 7) is 10.1. The first-order valence-electron chi connectivity index (χ1n) is 6.60. The lowest BCUT2D eigenvalue weighted by Crippen LogP contribution is -2.25. The molecule has 2 aromatic heterocycles. The van der Waals surface area contributed by atoms with Crippen molar-refractivity contribution < 1.29 is 0 Å². The summed E-state index contributed by atoms with van der Waals surface area (Å²) in [5.41, 5.74) is 4.78. The Balaban J connectivity index is 1.98. The van der Waals surface area contributed by atoms with E-state index in [1.54, 1.807) is 6.20 Å². The van der Waals surface area contributed by atoms with Crippen molar-refractivity contribution >= 4 is 0 Å². The minimum atomic E-state index is 0.289. The summed E-state index contributed by atoms with van der Waals surface area (Å²) >= 11 is 0. The van der Waals surface area contributed by atoms with Gasteiger partial charge < -0.3 is 5.32 Å². The maximum absolute atomic E-state index is 4.55. The van der Waals surface area contributed by atoms with Crippen LogP contribution in [-0.2, 0) is 6.54 Å². The summed E-state index contributed by atoms with van der Waals surface area (Å²) in [5.74, 6) is 0. The average molecular weight is 259 g/mol. The van der Waals surface area contributed by atoms with Gasteiger partial charge >= 0.3 is 0 Å². The van der Waals surface area contributed by atoms with Gasteiger partial charge in [0.2, 0.25) is 0 Å². The van der Waals surface area contributed by atoms with Gasteiger partial charge in [0, 0.05) is 30.2 Å². The van der Waals surface area contributed by atoms with Gasteiger partial charge in [-0.2, -0.15) is 0 Å². The number of aromatic nitrogens is 4. The van der Waals surface area contributed by atoms with Crippen LogP contribution in [0.5, 0.6) is 0 Å². The molecule has 0 spiro atoms. The lowest BCUT2D eigenvalue weighted by molar-refractivity contribution is 0.496. The third-order valence-corrected chi connectivity index (χ3v) is 3.28. The standard InChI is InChI=1S/C14H21N5/c1-10-9-11(2)17-13(4)14(10)12(3)15-5-7-19-8-6-16-18-19/h6,8-9,12,15H,5,7H2,1-4H3. The molecule has 1 N–H and O–H groups in total. The lowest BCUT2D eigenvalue weighted by atomic mass is 10.0. The van der Waals surface area contributed by atoms with Crippen molar-refractivity contribution in [3.63, 3.8) is 0 Å². The normalized spacial score (nSPS) is 12.6. The molecule has 0 aromatic carbocycles. The number of nitrogens with zero attached hydrogens (tertiary/aromatic N) is 4. The second-order valence-corrected chi connectivity index (χ2v) is 4.92. The van der Waals surface area contributed by atoms with Crippen LogP contribution in [0.1, 0.15) is 35.5 Å². The first kappa shape index (κ1) is 13.7. The molecule has 0 saturated carbocycles. The molecule has 2 aromatic rings. The summed E-state index contributed by atoms with van der Waals surface area (Å²) in [6.07, 6.45) is 3.57. The molecule has 2 rings (SSSR count). The number of aryl methyl sites for hydroxylation is 3. The van der Waals surface area contributed by atoms with E-state index in [1.165, 1.54) is 11.1 Å². The number of hydrogen-bond donors (Lipinski definition) is 1. The molecule has 102 valence electrons. The molecule has 5 nitrogen and oxygen atoms in total. The molecule has 0 aliphatic carbocycles. The highest BCUT2D eigenvalue weighted by molar-refractivity contribution is 5.33. The van der Waals surface area contributed by atoms with Gasteiger partial charge in [-0.1, -0.05) is 5.21 Å². The summed E-state index contributed by atoms with van der Waals surface area (Å²) < 4.78 is 1.83. The average Bonchev–Trinajstić information content (AvgIpc) is 2.80. The van der Waals surface area contributed by atoms with Crippen LogP contribution in [0.3, 0.4) is 0 Å². The Hall–Kier alpha value is -1.75. The Morgan fingerprint density at radius 3 is 2.74 bits per heavy atom. The molecule has 1 unspecified atom stereocenters. The second-order valence-electron chi connectivity index (χ2n) is 4.92. The minimum absolute atomic E-state index is 0.289. The Morgan fingerprint density at radius 2 is 2.11 bits per heavy atom. The van der Waals surface area contributed by atoms with E-state index in [0.29, 0.717) is 0 Å². The molecule has 1 atom stereocenters. The van der Waals surface area contributed by atoms with Crippen LogP contribution in [0.2, 0.25) is 0 Å². The predicted molar refractivity (Wildman–Crippen MR) is 74.9 cm³/mol. The molecule has 0 saturated heterocycles. The van der Waals surface area contributed by atoms with E-state index >= 15 is 0 Å². The van der Waals surface area contributed by atoms with Gasteiger partial charge in [0.15, 0.2) is 0 Å². The highest BCUT2D eigenvalue weighted by Crippen LogP contribution is 2.20. The first-order valence-corrected chi connectivity index (χ1v) is 6.60. The van der Waals surface area contributed by atoms with Crippen LogP contribution in [0.4, 0.5) is 0 Å². The Bertz CT molecular complexity index is 510. The van der Waals surface area contributed by atoms with E-state index in [0.717, 1.165) is 24.5 Å². The van der Waals surface area contributed by atoms with E-state index in [2.05, 4.69) is 47.5 Å². The molecule has 0 aliphatic heterocycles. The zero-order valence-corrected chi connectivity index (χ0v) is 12.0. The van der Waals surface area contributed by atoms with E-state index in [4.69, 9.17) is 0 Å². The van der Waals surface area contributed by atoms with Crippen LogP contribution >= 0.6 is 0 Å². The number of hydrogen-bond acceptors (Lipinski definition) is 4. The summed E-state index contributed by atoms with van der Waals surface area (Å²) in [5, 5.41) is 11.2. The third-order valence-electron chi connectivity index (χ3n) is 3.28. The highest BCUT2D eigenvalue weighted by atomic mass is 15.4. The van der Waals surface area contributed by atoms with Gasteiger partial charge in [-0.3, -0.25) is 9.67 Å². The predicted octanol–water partition coefficient (Wildman–Crippen LogP) is 1.95. The smallest absolute Gasteiger partial charge is 0.0692 e. The largest absolute Gasteiger partial charge is 0.308 e. The van der Waals surface area contributed by atoms with Crippen LogP contribution in [0.15, 0.2) is 18.5 Å². The molecule has 0 bridgehead atoms. The highest BCUT2D eigenvalue weighted by Gasteiger charge is 2.12. The Labute approximate surface area is 114 Å². The molecule has 19 heavy (non-hydrogen) atoms. The van der Waals surface area contributed by atoms with Gasteiger partial charge in [-0.05, 0) is 44.9 Å². The zero-order chi connectivity index (χ0) is 13.8. The van der Waals surface area contributed by atoms with Crippen LogP contribution in [-0.4, -0.2) is 26.5 Å². The molecule has 2 heterocycles. The monoisotopic (exact) mass is 259 g/mol. The quantitative estimate of drug-likeness (QED) is 0.891. The van der Waals surface area contributed by atoms with Crippen molar-refractivity contribution in [3.05, 3.63) is 41.0 Å². The fraction of sp³-hybridized carbons (Fsp3) is 0.500. The van der Waals surface area contributed by atoms with Crippen LogP contribution < -0.4 is 5.32 Å². The summed E-state index contributed by atoms with van der Waals surface area (Å²) in [6, 6.07) is 2.43. The van der Waals surface area contributed by atoms with E-state index in [9.17, 15) is 0 Å². The summed E-state index contributed by atoms with van der Waals surface area (Å²) in [7, 11) is 0. The third kappa shape index (κ3) is 3.38. The fourth-order valence-electron chi connectivity index (χ4n) is 2.54. The van der Waals surface area contributed by atoms with Gasteiger partial charge in [0.25, 0.3) is 0 Å². The SMILES string of the molecule is Cc1cc(C)c(C(C)NCCn2ccnn2)c(C)n1. The van der Waals surface area contributed by atoms with Gasteiger partial charge in [-0.25, -0.2) is 0 Å². The molecule has 0 fully saturated rings. The van der Waals surface area contributed by atoms with Crippen LogP contribution in [0, 0.1) is 20.8 Å². The number of rotatable bonds is 5. The maximum Gasteiger partial charge on any atom is 0.0692 e. The molecular formula is C14H21N5. The lowest BCUT2D eigenvalue weighted by Gasteiger charge is -2.19. The summed E-state index contributed by atoms with van der Waals surface area (Å²) in [4.78, 5) is 4.55. The Kier molecular flexibility index (Phi) is 4.27. The van der Waals surface area contributed by atoms with Crippen molar-refractivity contribution in [3.8, 4) is 0 Å². The van der Waals surface area contributed by atoms with Crippen molar-refractivity contribution in [2.75, 3.05) is 6.54 Å². The van der Waals surface area contributed by atoms with Crippen LogP contribution in [0.25, 0.3) is 0 Å². The van der Waals surface area contributed by atoms with Crippen molar-refractivity contribution in [1.82, 2.24) is 25.3 Å². The van der Waals surface area contributed by atoms with Crippen molar-refractivity contribution in [2.24, 2.45) is 0 Å². The molecule has 0 aliphatic rings. The van der Waals surface area contributed by atoms with E-state index < -0.39 is 0 Å². The fourth-order valence-corrected chi connectivity index (χ4v) is 2.54. The second kappa shape index (κ2) is 5.93. The molecule has 0 radical (unpaired) electrons. The Morgan fingerprint density at radius 1 is 1.32 bits per heavy atom. The van der Waals surface area contributed by atoms with Gasteiger partial charge in [-0.15, -0.1) is 5.10 Å².